The molecule has 1 aromatic rings. The van der Waals surface area contributed by atoms with E-state index in [2.05, 4.69) is 15.9 Å². The van der Waals surface area contributed by atoms with Gasteiger partial charge in [0.05, 0.1) is 24.2 Å². The SMILES string of the molecule is O=S1(=O)CCC(C(O)c2cc(Br)cc3c2OCC3)C1. The molecule has 0 spiro atoms. The summed E-state index contributed by atoms with van der Waals surface area (Å²) >= 11 is 3.43. The van der Waals surface area contributed by atoms with E-state index in [0.29, 0.717) is 18.6 Å². The van der Waals surface area contributed by atoms with Gasteiger partial charge in [0.25, 0.3) is 0 Å². The van der Waals surface area contributed by atoms with Crippen molar-refractivity contribution in [2.24, 2.45) is 5.92 Å². The molecular formula is C13H15BrO4S. The molecular weight excluding hydrogens is 332 g/mol. The molecule has 1 saturated heterocycles. The van der Waals surface area contributed by atoms with E-state index >= 15 is 0 Å². The molecule has 6 heteroatoms. The van der Waals surface area contributed by atoms with Gasteiger partial charge in [-0.25, -0.2) is 8.42 Å². The number of benzene rings is 1. The van der Waals surface area contributed by atoms with Crippen LogP contribution in [0.25, 0.3) is 0 Å². The van der Waals surface area contributed by atoms with Crippen molar-refractivity contribution in [3.63, 3.8) is 0 Å². The smallest absolute Gasteiger partial charge is 0.150 e. The fourth-order valence-corrected chi connectivity index (χ4v) is 5.20. The molecule has 19 heavy (non-hydrogen) atoms. The summed E-state index contributed by atoms with van der Waals surface area (Å²) in [7, 11) is -2.99. The Balaban J connectivity index is 1.94. The Bertz CT molecular complexity index is 611. The normalized spacial score (nSPS) is 25.9. The minimum atomic E-state index is -2.99. The highest BCUT2D eigenvalue weighted by atomic mass is 79.9. The number of halogens is 1. The topological polar surface area (TPSA) is 63.6 Å². The van der Waals surface area contributed by atoms with Crippen molar-refractivity contribution in [3.05, 3.63) is 27.7 Å². The van der Waals surface area contributed by atoms with Gasteiger partial charge in [0, 0.05) is 22.4 Å². The molecule has 0 amide bonds. The Morgan fingerprint density at radius 2 is 2.21 bits per heavy atom. The molecule has 1 fully saturated rings. The second-order valence-electron chi connectivity index (χ2n) is 5.19. The molecule has 0 saturated carbocycles. The first-order valence-corrected chi connectivity index (χ1v) is 8.91. The standard InChI is InChI=1S/C13H15BrO4S/c14-10-5-8-1-3-18-13(8)11(6-10)12(15)9-2-4-19(16,17)7-9/h5-6,9,12,15H,1-4,7H2. The zero-order valence-electron chi connectivity index (χ0n) is 10.3. The number of fused-ring (bicyclic) bond motifs is 1. The first-order valence-electron chi connectivity index (χ1n) is 6.30. The molecule has 2 aliphatic rings. The van der Waals surface area contributed by atoms with Gasteiger partial charge < -0.3 is 9.84 Å². The van der Waals surface area contributed by atoms with Crippen LogP contribution in [0, 0.1) is 5.92 Å². The van der Waals surface area contributed by atoms with E-state index in [9.17, 15) is 13.5 Å². The molecule has 4 nitrogen and oxygen atoms in total. The first kappa shape index (κ1) is 13.4. The number of hydrogen-bond donors (Lipinski definition) is 1. The molecule has 0 radical (unpaired) electrons. The molecule has 2 aliphatic heterocycles. The summed E-state index contributed by atoms with van der Waals surface area (Å²) in [5.41, 5.74) is 1.79. The van der Waals surface area contributed by atoms with Gasteiger partial charge >= 0.3 is 0 Å². The van der Waals surface area contributed by atoms with Gasteiger partial charge in [-0.1, -0.05) is 15.9 Å². The van der Waals surface area contributed by atoms with Crippen molar-refractivity contribution in [1.29, 1.82) is 0 Å². The van der Waals surface area contributed by atoms with Crippen LogP contribution in [-0.4, -0.2) is 31.6 Å². The van der Waals surface area contributed by atoms with E-state index in [1.54, 1.807) is 0 Å². The van der Waals surface area contributed by atoms with Gasteiger partial charge in [0.2, 0.25) is 0 Å². The van der Waals surface area contributed by atoms with Crippen molar-refractivity contribution in [2.75, 3.05) is 18.1 Å². The Kier molecular flexibility index (Phi) is 3.35. The predicted molar refractivity (Wildman–Crippen MR) is 75.1 cm³/mol. The highest BCUT2D eigenvalue weighted by Crippen LogP contribution is 2.41. The molecule has 2 heterocycles. The third kappa shape index (κ3) is 2.53. The number of hydrogen-bond acceptors (Lipinski definition) is 4. The van der Waals surface area contributed by atoms with Gasteiger partial charge in [-0.2, -0.15) is 0 Å². The summed E-state index contributed by atoms with van der Waals surface area (Å²) in [5, 5.41) is 10.5. The lowest BCUT2D eigenvalue weighted by atomic mass is 9.93. The number of aliphatic hydroxyl groups is 1. The van der Waals surface area contributed by atoms with E-state index in [4.69, 9.17) is 4.74 Å². The lowest BCUT2D eigenvalue weighted by Gasteiger charge is -2.19. The number of sulfone groups is 1. The third-order valence-corrected chi connectivity index (χ3v) is 6.06. The van der Waals surface area contributed by atoms with Crippen LogP contribution in [0.4, 0.5) is 0 Å². The van der Waals surface area contributed by atoms with Crippen LogP contribution >= 0.6 is 15.9 Å². The van der Waals surface area contributed by atoms with Crippen molar-refractivity contribution < 1.29 is 18.3 Å². The van der Waals surface area contributed by atoms with E-state index in [1.807, 2.05) is 12.1 Å². The predicted octanol–water partition coefficient (Wildman–Crippen LogP) is 1.85. The summed E-state index contributed by atoms with van der Waals surface area (Å²) in [6.07, 6.45) is 0.573. The Morgan fingerprint density at radius 1 is 1.42 bits per heavy atom. The van der Waals surface area contributed by atoms with Crippen LogP contribution in [0.15, 0.2) is 16.6 Å². The zero-order valence-corrected chi connectivity index (χ0v) is 12.7. The number of aliphatic hydroxyl groups excluding tert-OH is 1. The lowest BCUT2D eigenvalue weighted by molar-refractivity contribution is 0.117. The minimum absolute atomic E-state index is 0.0649. The molecule has 0 aromatic heterocycles. The Morgan fingerprint density at radius 3 is 2.89 bits per heavy atom. The van der Waals surface area contributed by atoms with Crippen molar-refractivity contribution in [1.82, 2.24) is 0 Å². The zero-order chi connectivity index (χ0) is 13.6. The molecule has 0 aliphatic carbocycles. The summed E-state index contributed by atoms with van der Waals surface area (Å²) in [5.74, 6) is 0.744. The number of rotatable bonds is 2. The molecule has 3 rings (SSSR count). The van der Waals surface area contributed by atoms with Crippen LogP contribution in [0.2, 0.25) is 0 Å². The molecule has 1 N–H and O–H groups in total. The third-order valence-electron chi connectivity index (χ3n) is 3.81. The average molecular weight is 347 g/mol. The molecule has 1 aromatic carbocycles. The fraction of sp³-hybridized carbons (Fsp3) is 0.538. The monoisotopic (exact) mass is 346 g/mol. The lowest BCUT2D eigenvalue weighted by Crippen LogP contribution is -2.15. The van der Waals surface area contributed by atoms with Crippen LogP contribution in [0.3, 0.4) is 0 Å². The summed E-state index contributed by atoms with van der Waals surface area (Å²) in [6.45, 7) is 0.620. The van der Waals surface area contributed by atoms with E-state index < -0.39 is 15.9 Å². The average Bonchev–Trinajstić information content (AvgIpc) is 2.93. The second-order valence-corrected chi connectivity index (χ2v) is 8.33. The molecule has 2 unspecified atom stereocenters. The van der Waals surface area contributed by atoms with Gasteiger partial charge in [-0.15, -0.1) is 0 Å². The Hall–Kier alpha value is -0.590. The van der Waals surface area contributed by atoms with E-state index in [1.165, 1.54) is 0 Å². The van der Waals surface area contributed by atoms with Gasteiger partial charge in [-0.05, 0) is 24.1 Å². The highest BCUT2D eigenvalue weighted by Gasteiger charge is 2.35. The molecule has 2 atom stereocenters. The van der Waals surface area contributed by atoms with Gasteiger partial charge in [0.1, 0.15) is 5.75 Å². The van der Waals surface area contributed by atoms with E-state index in [0.717, 1.165) is 22.2 Å². The largest absolute Gasteiger partial charge is 0.493 e. The van der Waals surface area contributed by atoms with Crippen molar-refractivity contribution in [2.45, 2.75) is 18.9 Å². The Labute approximate surface area is 120 Å². The molecule has 104 valence electrons. The first-order chi connectivity index (χ1) is 8.96. The number of ether oxygens (including phenoxy) is 1. The molecule has 0 bridgehead atoms. The van der Waals surface area contributed by atoms with E-state index in [-0.39, 0.29) is 17.4 Å². The second kappa shape index (κ2) is 4.75. The van der Waals surface area contributed by atoms with Gasteiger partial charge in [0.15, 0.2) is 9.84 Å². The van der Waals surface area contributed by atoms with Crippen LogP contribution < -0.4 is 4.74 Å². The maximum absolute atomic E-state index is 11.5. The van der Waals surface area contributed by atoms with Crippen molar-refractivity contribution in [3.8, 4) is 5.75 Å². The maximum atomic E-state index is 11.5. The quantitative estimate of drug-likeness (QED) is 0.887. The summed E-state index contributed by atoms with van der Waals surface area (Å²) in [4.78, 5) is 0. The minimum Gasteiger partial charge on any atom is -0.493 e. The maximum Gasteiger partial charge on any atom is 0.150 e. The van der Waals surface area contributed by atoms with Gasteiger partial charge in [-0.3, -0.25) is 0 Å². The summed E-state index contributed by atoms with van der Waals surface area (Å²) < 4.78 is 29.5. The van der Waals surface area contributed by atoms with Crippen LogP contribution in [-0.2, 0) is 16.3 Å². The van der Waals surface area contributed by atoms with Crippen LogP contribution in [0.1, 0.15) is 23.7 Å². The van der Waals surface area contributed by atoms with Crippen molar-refractivity contribution >= 4 is 25.8 Å². The highest BCUT2D eigenvalue weighted by molar-refractivity contribution is 9.10. The fourth-order valence-electron chi connectivity index (χ4n) is 2.84. The summed E-state index contributed by atoms with van der Waals surface area (Å²) in [6, 6.07) is 3.82. The van der Waals surface area contributed by atoms with Crippen LogP contribution in [0.5, 0.6) is 5.75 Å².